The summed E-state index contributed by atoms with van der Waals surface area (Å²) in [5, 5.41) is 9.99. The summed E-state index contributed by atoms with van der Waals surface area (Å²) in [5.41, 5.74) is 3.17. The van der Waals surface area contributed by atoms with Crippen molar-refractivity contribution in [2.24, 2.45) is 0 Å². The summed E-state index contributed by atoms with van der Waals surface area (Å²) in [4.78, 5) is 11.8. The number of aryl methyl sites for hydroxylation is 1. The van der Waals surface area contributed by atoms with Gasteiger partial charge in [0, 0.05) is 12.7 Å². The molecule has 3 aromatic rings. The second kappa shape index (κ2) is 9.43. The third-order valence-corrected chi connectivity index (χ3v) is 4.09. The summed E-state index contributed by atoms with van der Waals surface area (Å²) in [6, 6.07) is 17.6. The Labute approximate surface area is 159 Å². The molecule has 0 aliphatic carbocycles. The molecule has 0 unspecified atom stereocenters. The van der Waals surface area contributed by atoms with Crippen LogP contribution in [0.5, 0.6) is 5.75 Å². The Hall–Kier alpha value is -3.28. The number of ether oxygens (including phenoxy) is 1. The predicted molar refractivity (Wildman–Crippen MR) is 105 cm³/mol. The molecule has 0 bridgehead atoms. The lowest BCUT2D eigenvalue weighted by Gasteiger charge is -2.10. The number of hydrogen-bond acceptors (Lipinski definition) is 3. The van der Waals surface area contributed by atoms with Gasteiger partial charge in [-0.25, -0.2) is 9.48 Å². The SMILES string of the molecule is Cc1ccccc1OCCNC(=O)NCCc1cnn(-c2ccccc2)c1. The van der Waals surface area contributed by atoms with Crippen LogP contribution in [0, 0.1) is 6.92 Å². The highest BCUT2D eigenvalue weighted by Crippen LogP contribution is 2.15. The predicted octanol–water partition coefficient (Wildman–Crippen LogP) is 3.10. The van der Waals surface area contributed by atoms with Crippen LogP contribution in [-0.2, 0) is 6.42 Å². The molecule has 0 radical (unpaired) electrons. The van der Waals surface area contributed by atoms with Crippen LogP contribution < -0.4 is 15.4 Å². The largest absolute Gasteiger partial charge is 0.491 e. The first-order valence-corrected chi connectivity index (χ1v) is 9.01. The molecule has 0 spiro atoms. The average Bonchev–Trinajstić information content (AvgIpc) is 3.16. The van der Waals surface area contributed by atoms with Crippen LogP contribution >= 0.6 is 0 Å². The normalized spacial score (nSPS) is 10.4. The van der Waals surface area contributed by atoms with Crippen molar-refractivity contribution in [2.45, 2.75) is 13.3 Å². The summed E-state index contributed by atoms with van der Waals surface area (Å²) in [7, 11) is 0. The van der Waals surface area contributed by atoms with E-state index >= 15 is 0 Å². The first kappa shape index (κ1) is 18.5. The fourth-order valence-corrected chi connectivity index (χ4v) is 2.64. The summed E-state index contributed by atoms with van der Waals surface area (Å²) in [6.07, 6.45) is 4.52. The Kier molecular flexibility index (Phi) is 6.46. The molecular formula is C21H24N4O2. The highest BCUT2D eigenvalue weighted by Gasteiger charge is 2.03. The molecule has 3 rings (SSSR count). The van der Waals surface area contributed by atoms with Gasteiger partial charge in [0.25, 0.3) is 0 Å². The van der Waals surface area contributed by atoms with Crippen LogP contribution in [-0.4, -0.2) is 35.5 Å². The lowest BCUT2D eigenvalue weighted by atomic mass is 10.2. The molecule has 0 aliphatic rings. The number of nitrogens with one attached hydrogen (secondary N) is 2. The van der Waals surface area contributed by atoms with Crippen molar-refractivity contribution >= 4 is 6.03 Å². The van der Waals surface area contributed by atoms with Gasteiger partial charge in [0.15, 0.2) is 0 Å². The van der Waals surface area contributed by atoms with Gasteiger partial charge in [-0.1, -0.05) is 36.4 Å². The average molecular weight is 364 g/mol. The van der Waals surface area contributed by atoms with Crippen molar-refractivity contribution in [1.82, 2.24) is 20.4 Å². The molecule has 0 atom stereocenters. The van der Waals surface area contributed by atoms with Gasteiger partial charge in [-0.3, -0.25) is 0 Å². The van der Waals surface area contributed by atoms with E-state index in [0.29, 0.717) is 19.7 Å². The number of hydrogen-bond donors (Lipinski definition) is 2. The minimum atomic E-state index is -0.196. The van der Waals surface area contributed by atoms with Gasteiger partial charge in [-0.2, -0.15) is 5.10 Å². The minimum absolute atomic E-state index is 0.196. The van der Waals surface area contributed by atoms with Gasteiger partial charge in [0.2, 0.25) is 0 Å². The molecule has 2 aromatic carbocycles. The maximum absolute atomic E-state index is 11.8. The van der Waals surface area contributed by atoms with Crippen LogP contribution in [0.3, 0.4) is 0 Å². The van der Waals surface area contributed by atoms with Gasteiger partial charge < -0.3 is 15.4 Å². The quantitative estimate of drug-likeness (QED) is 0.604. The van der Waals surface area contributed by atoms with E-state index in [1.54, 1.807) is 0 Å². The van der Waals surface area contributed by atoms with Gasteiger partial charge >= 0.3 is 6.03 Å². The molecule has 0 fully saturated rings. The van der Waals surface area contributed by atoms with Crippen molar-refractivity contribution in [3.8, 4) is 11.4 Å². The van der Waals surface area contributed by atoms with E-state index in [2.05, 4.69) is 15.7 Å². The molecule has 6 nitrogen and oxygen atoms in total. The zero-order chi connectivity index (χ0) is 18.9. The van der Waals surface area contributed by atoms with Crippen molar-refractivity contribution in [3.05, 3.63) is 78.1 Å². The molecule has 2 N–H and O–H groups in total. The van der Waals surface area contributed by atoms with E-state index in [1.807, 2.05) is 78.6 Å². The molecule has 2 amide bonds. The molecule has 27 heavy (non-hydrogen) atoms. The molecule has 140 valence electrons. The standard InChI is InChI=1S/C21H24N4O2/c1-17-7-5-6-10-20(17)27-14-13-23-21(26)22-12-11-18-15-24-25(16-18)19-8-3-2-4-9-19/h2-10,15-16H,11-14H2,1H3,(H2,22,23,26). The second-order valence-electron chi connectivity index (χ2n) is 6.18. The fraction of sp³-hybridized carbons (Fsp3) is 0.238. The Balaban J connectivity index is 1.33. The Morgan fingerprint density at radius 3 is 2.59 bits per heavy atom. The van der Waals surface area contributed by atoms with Gasteiger partial charge in [-0.15, -0.1) is 0 Å². The molecular weight excluding hydrogens is 340 g/mol. The number of amides is 2. The highest BCUT2D eigenvalue weighted by atomic mass is 16.5. The fourth-order valence-electron chi connectivity index (χ4n) is 2.64. The zero-order valence-electron chi connectivity index (χ0n) is 15.4. The van der Waals surface area contributed by atoms with E-state index < -0.39 is 0 Å². The second-order valence-corrected chi connectivity index (χ2v) is 6.18. The molecule has 1 heterocycles. The van der Waals surface area contributed by atoms with E-state index in [4.69, 9.17) is 4.74 Å². The number of para-hydroxylation sites is 2. The topological polar surface area (TPSA) is 68.2 Å². The maximum Gasteiger partial charge on any atom is 0.314 e. The van der Waals surface area contributed by atoms with Crippen molar-refractivity contribution in [1.29, 1.82) is 0 Å². The number of rotatable bonds is 8. The van der Waals surface area contributed by atoms with E-state index in [-0.39, 0.29) is 6.03 Å². The van der Waals surface area contributed by atoms with E-state index in [9.17, 15) is 4.79 Å². The molecule has 1 aromatic heterocycles. The number of carbonyl (C=O) groups excluding carboxylic acids is 1. The number of aromatic nitrogens is 2. The first-order valence-electron chi connectivity index (χ1n) is 9.01. The number of urea groups is 1. The summed E-state index contributed by atoms with van der Waals surface area (Å²) < 4.78 is 7.48. The number of nitrogens with zero attached hydrogens (tertiary/aromatic N) is 2. The highest BCUT2D eigenvalue weighted by molar-refractivity contribution is 5.73. The lowest BCUT2D eigenvalue weighted by molar-refractivity contribution is 0.236. The lowest BCUT2D eigenvalue weighted by Crippen LogP contribution is -2.38. The van der Waals surface area contributed by atoms with Crippen LogP contribution in [0.1, 0.15) is 11.1 Å². The zero-order valence-corrected chi connectivity index (χ0v) is 15.4. The monoisotopic (exact) mass is 364 g/mol. The molecule has 6 heteroatoms. The minimum Gasteiger partial charge on any atom is -0.491 e. The maximum atomic E-state index is 11.8. The van der Waals surface area contributed by atoms with Crippen LogP contribution in [0.2, 0.25) is 0 Å². The summed E-state index contributed by atoms with van der Waals surface area (Å²) in [6.45, 7) is 3.43. The van der Waals surface area contributed by atoms with Crippen LogP contribution in [0.4, 0.5) is 4.79 Å². The number of carbonyl (C=O) groups is 1. The van der Waals surface area contributed by atoms with E-state index in [1.165, 1.54) is 0 Å². The van der Waals surface area contributed by atoms with E-state index in [0.717, 1.165) is 29.0 Å². The van der Waals surface area contributed by atoms with Crippen molar-refractivity contribution in [2.75, 3.05) is 19.7 Å². The first-order chi connectivity index (χ1) is 13.2. The van der Waals surface area contributed by atoms with Crippen molar-refractivity contribution in [3.63, 3.8) is 0 Å². The molecule has 0 saturated heterocycles. The van der Waals surface area contributed by atoms with Crippen molar-refractivity contribution < 1.29 is 9.53 Å². The van der Waals surface area contributed by atoms with Gasteiger partial charge in [0.1, 0.15) is 12.4 Å². The van der Waals surface area contributed by atoms with Crippen LogP contribution in [0.15, 0.2) is 67.0 Å². The summed E-state index contributed by atoms with van der Waals surface area (Å²) in [5.74, 6) is 0.843. The van der Waals surface area contributed by atoms with Gasteiger partial charge in [0.05, 0.1) is 18.4 Å². The smallest absolute Gasteiger partial charge is 0.314 e. The number of benzene rings is 2. The third kappa shape index (κ3) is 5.60. The van der Waals surface area contributed by atoms with Crippen LogP contribution in [0.25, 0.3) is 5.69 Å². The Bertz CT molecular complexity index is 861. The summed E-state index contributed by atoms with van der Waals surface area (Å²) >= 11 is 0. The van der Waals surface area contributed by atoms with Gasteiger partial charge in [-0.05, 0) is 42.7 Å². The third-order valence-electron chi connectivity index (χ3n) is 4.09. The Morgan fingerprint density at radius 1 is 1.04 bits per heavy atom. The molecule has 0 aliphatic heterocycles. The molecule has 0 saturated carbocycles. The Morgan fingerprint density at radius 2 is 1.78 bits per heavy atom.